The number of ether oxygens (including phenoxy) is 1. The van der Waals surface area contributed by atoms with Gasteiger partial charge in [0.15, 0.2) is 0 Å². The molecular formula is C33H41Cl2N3O5S. The maximum atomic E-state index is 14.0. The van der Waals surface area contributed by atoms with Crippen molar-refractivity contribution in [3.05, 3.63) is 94.0 Å². The highest BCUT2D eigenvalue weighted by molar-refractivity contribution is 7.92. The molecule has 0 bridgehead atoms. The summed E-state index contributed by atoms with van der Waals surface area (Å²) in [7, 11) is -3.64. The summed E-state index contributed by atoms with van der Waals surface area (Å²) in [4.78, 5) is 29.3. The summed E-state index contributed by atoms with van der Waals surface area (Å²) in [6, 6.07) is 20.4. The first-order valence-corrected chi connectivity index (χ1v) is 17.3. The summed E-state index contributed by atoms with van der Waals surface area (Å²) in [6.07, 6.45) is 2.34. The van der Waals surface area contributed by atoms with Gasteiger partial charge in [-0.05, 0) is 68.7 Å². The zero-order valence-corrected chi connectivity index (χ0v) is 28.0. The Morgan fingerprint density at radius 3 is 2.14 bits per heavy atom. The topological polar surface area (TPSA) is 96.0 Å². The van der Waals surface area contributed by atoms with Gasteiger partial charge in [0.2, 0.25) is 21.8 Å². The van der Waals surface area contributed by atoms with Crippen molar-refractivity contribution in [2.75, 3.05) is 23.7 Å². The molecule has 0 saturated carbocycles. The van der Waals surface area contributed by atoms with Gasteiger partial charge in [-0.3, -0.25) is 13.9 Å². The van der Waals surface area contributed by atoms with E-state index in [1.54, 1.807) is 42.5 Å². The van der Waals surface area contributed by atoms with Crippen molar-refractivity contribution < 1.29 is 22.7 Å². The van der Waals surface area contributed by atoms with Crippen LogP contribution in [0.3, 0.4) is 0 Å². The quantitative estimate of drug-likeness (QED) is 0.189. The van der Waals surface area contributed by atoms with Gasteiger partial charge in [0.05, 0.1) is 18.6 Å². The van der Waals surface area contributed by atoms with Gasteiger partial charge in [0, 0.05) is 47.6 Å². The monoisotopic (exact) mass is 661 g/mol. The van der Waals surface area contributed by atoms with Gasteiger partial charge in [0.1, 0.15) is 11.8 Å². The van der Waals surface area contributed by atoms with Crippen LogP contribution in [-0.4, -0.2) is 56.6 Å². The van der Waals surface area contributed by atoms with E-state index in [4.69, 9.17) is 27.9 Å². The second kappa shape index (κ2) is 16.7. The number of amides is 2. The van der Waals surface area contributed by atoms with Gasteiger partial charge >= 0.3 is 0 Å². The van der Waals surface area contributed by atoms with E-state index in [0.717, 1.165) is 18.2 Å². The molecule has 2 amide bonds. The number of sulfonamides is 1. The van der Waals surface area contributed by atoms with E-state index in [9.17, 15) is 18.0 Å². The van der Waals surface area contributed by atoms with Crippen molar-refractivity contribution in [3.63, 3.8) is 0 Å². The Hall–Kier alpha value is -3.27. The van der Waals surface area contributed by atoms with Gasteiger partial charge in [0.25, 0.3) is 0 Å². The maximum Gasteiger partial charge on any atom is 0.243 e. The number of anilines is 1. The molecule has 0 aliphatic heterocycles. The maximum absolute atomic E-state index is 14.0. The fraction of sp³-hybridized carbons (Fsp3) is 0.394. The van der Waals surface area contributed by atoms with Crippen LogP contribution in [0.25, 0.3) is 0 Å². The first-order chi connectivity index (χ1) is 20.9. The van der Waals surface area contributed by atoms with Crippen LogP contribution in [0, 0.1) is 0 Å². The predicted octanol–water partition coefficient (Wildman–Crippen LogP) is 6.49. The minimum absolute atomic E-state index is 0.00692. The van der Waals surface area contributed by atoms with Crippen molar-refractivity contribution in [1.29, 1.82) is 0 Å². The third-order valence-electron chi connectivity index (χ3n) is 7.25. The van der Waals surface area contributed by atoms with Gasteiger partial charge in [-0.25, -0.2) is 8.42 Å². The summed E-state index contributed by atoms with van der Waals surface area (Å²) < 4.78 is 32.2. The molecule has 0 aliphatic rings. The van der Waals surface area contributed by atoms with Gasteiger partial charge in [-0.15, -0.1) is 0 Å². The van der Waals surface area contributed by atoms with E-state index < -0.39 is 16.1 Å². The number of nitrogens with zero attached hydrogens (tertiary/aromatic N) is 2. The average Bonchev–Trinajstić information content (AvgIpc) is 2.98. The average molecular weight is 663 g/mol. The highest BCUT2D eigenvalue weighted by Gasteiger charge is 2.32. The van der Waals surface area contributed by atoms with Gasteiger partial charge in [-0.1, -0.05) is 66.5 Å². The highest BCUT2D eigenvalue weighted by atomic mass is 35.5. The van der Waals surface area contributed by atoms with E-state index in [1.807, 2.05) is 51.1 Å². The van der Waals surface area contributed by atoms with Crippen LogP contribution in [0.1, 0.15) is 51.2 Å². The summed E-state index contributed by atoms with van der Waals surface area (Å²) in [5.74, 6) is 0.0297. The van der Waals surface area contributed by atoms with Crippen LogP contribution in [0.5, 0.6) is 5.75 Å². The summed E-state index contributed by atoms with van der Waals surface area (Å²) >= 11 is 13.0. The number of carbonyl (C=O) groups is 2. The fourth-order valence-electron chi connectivity index (χ4n) is 4.73. The number of benzene rings is 3. The SMILES string of the molecule is CCOc1ccc(N(CCCC(=O)N(Cc2c(Cl)cccc2Cl)C(Cc2ccccc2)C(=O)NC(C)CC)S(C)(=O)=O)cc1. The van der Waals surface area contributed by atoms with E-state index in [-0.39, 0.29) is 50.2 Å². The van der Waals surface area contributed by atoms with Crippen molar-refractivity contribution >= 4 is 50.7 Å². The van der Waals surface area contributed by atoms with E-state index in [0.29, 0.717) is 33.7 Å². The summed E-state index contributed by atoms with van der Waals surface area (Å²) in [5, 5.41) is 3.80. The van der Waals surface area contributed by atoms with Crippen LogP contribution in [0.4, 0.5) is 5.69 Å². The largest absolute Gasteiger partial charge is 0.494 e. The second-order valence-corrected chi connectivity index (χ2v) is 13.3. The number of carbonyl (C=O) groups excluding carboxylic acids is 2. The first kappa shape index (κ1) is 35.2. The lowest BCUT2D eigenvalue weighted by Crippen LogP contribution is -2.52. The molecule has 0 saturated heterocycles. The first-order valence-electron chi connectivity index (χ1n) is 14.7. The minimum atomic E-state index is -3.64. The van der Waals surface area contributed by atoms with Crippen LogP contribution in [0.15, 0.2) is 72.8 Å². The van der Waals surface area contributed by atoms with E-state index in [2.05, 4.69) is 5.32 Å². The van der Waals surface area contributed by atoms with Crippen LogP contribution in [0.2, 0.25) is 10.0 Å². The molecule has 238 valence electrons. The van der Waals surface area contributed by atoms with Crippen molar-refractivity contribution in [2.45, 2.75) is 65.1 Å². The number of halogens is 2. The molecule has 0 aliphatic carbocycles. The molecule has 3 aromatic carbocycles. The van der Waals surface area contributed by atoms with Crippen LogP contribution in [-0.2, 0) is 32.6 Å². The standard InChI is InChI=1S/C33H41Cl2N3O5S/c1-5-24(3)36-33(40)31(22-25-12-8-7-9-13-25)37(23-28-29(34)14-10-15-30(28)35)32(39)16-11-21-38(44(4,41)42)26-17-19-27(20-18-26)43-6-2/h7-10,12-15,17-20,24,31H,5-6,11,16,21-23H2,1-4H3,(H,36,40). The Balaban J connectivity index is 1.91. The Labute approximate surface area is 271 Å². The Bertz CT molecular complexity index is 1470. The number of hydrogen-bond donors (Lipinski definition) is 1. The van der Waals surface area contributed by atoms with Crippen molar-refractivity contribution in [2.24, 2.45) is 0 Å². The normalized spacial score (nSPS) is 12.7. The Morgan fingerprint density at radius 2 is 1.57 bits per heavy atom. The molecule has 0 heterocycles. The molecule has 2 unspecified atom stereocenters. The smallest absolute Gasteiger partial charge is 0.243 e. The van der Waals surface area contributed by atoms with E-state index in [1.165, 1.54) is 9.21 Å². The predicted molar refractivity (Wildman–Crippen MR) is 178 cm³/mol. The molecule has 3 rings (SSSR count). The number of nitrogens with one attached hydrogen (secondary N) is 1. The Morgan fingerprint density at radius 1 is 0.932 bits per heavy atom. The molecule has 0 fully saturated rings. The third-order valence-corrected chi connectivity index (χ3v) is 9.15. The number of rotatable bonds is 16. The lowest BCUT2D eigenvalue weighted by atomic mass is 10.0. The molecule has 1 N–H and O–H groups in total. The molecule has 2 atom stereocenters. The molecule has 3 aromatic rings. The highest BCUT2D eigenvalue weighted by Crippen LogP contribution is 2.28. The molecular weight excluding hydrogens is 621 g/mol. The molecule has 0 radical (unpaired) electrons. The van der Waals surface area contributed by atoms with E-state index >= 15 is 0 Å². The zero-order valence-electron chi connectivity index (χ0n) is 25.6. The Kier molecular flexibility index (Phi) is 13.4. The second-order valence-electron chi connectivity index (χ2n) is 10.6. The van der Waals surface area contributed by atoms with Crippen LogP contribution >= 0.6 is 23.2 Å². The third kappa shape index (κ3) is 10.1. The van der Waals surface area contributed by atoms with Crippen LogP contribution < -0.4 is 14.4 Å². The lowest BCUT2D eigenvalue weighted by molar-refractivity contribution is -0.141. The molecule has 44 heavy (non-hydrogen) atoms. The minimum Gasteiger partial charge on any atom is -0.494 e. The molecule has 0 spiro atoms. The van der Waals surface area contributed by atoms with Gasteiger partial charge in [-0.2, -0.15) is 0 Å². The molecule has 11 heteroatoms. The van der Waals surface area contributed by atoms with Gasteiger partial charge < -0.3 is 15.0 Å². The summed E-state index contributed by atoms with van der Waals surface area (Å²) in [6.45, 7) is 6.33. The number of hydrogen-bond acceptors (Lipinski definition) is 5. The fourth-order valence-corrected chi connectivity index (χ4v) is 6.21. The molecule has 8 nitrogen and oxygen atoms in total. The van der Waals surface area contributed by atoms with Crippen molar-refractivity contribution in [3.8, 4) is 5.75 Å². The lowest BCUT2D eigenvalue weighted by Gasteiger charge is -2.33. The summed E-state index contributed by atoms with van der Waals surface area (Å²) in [5.41, 5.74) is 1.89. The molecule has 0 aromatic heterocycles. The van der Waals surface area contributed by atoms with Crippen molar-refractivity contribution in [1.82, 2.24) is 10.2 Å². The zero-order chi connectivity index (χ0) is 32.3.